The second-order valence-electron chi connectivity index (χ2n) is 3.11. The molecule has 5 nitrogen and oxygen atoms in total. The van der Waals surface area contributed by atoms with Crippen molar-refractivity contribution in [2.75, 3.05) is 0 Å². The van der Waals surface area contributed by atoms with Crippen molar-refractivity contribution in [2.24, 2.45) is 0 Å². The summed E-state index contributed by atoms with van der Waals surface area (Å²) in [5.74, 6) is 0.446. The Morgan fingerprint density at radius 1 is 1.46 bits per heavy atom. The van der Waals surface area contributed by atoms with Crippen molar-refractivity contribution in [2.45, 2.75) is 19.9 Å². The zero-order valence-electron chi connectivity index (χ0n) is 7.51. The molecule has 2 rings (SSSR count). The lowest BCUT2D eigenvalue weighted by atomic mass is 10.4. The molecule has 0 fully saturated rings. The van der Waals surface area contributed by atoms with Crippen LogP contribution in [0.25, 0.3) is 5.78 Å². The molecule has 2 aromatic heterocycles. The minimum Gasteiger partial charge on any atom is -0.246 e. The minimum absolute atomic E-state index is 0.0641. The molecule has 2 aromatic rings. The summed E-state index contributed by atoms with van der Waals surface area (Å²) in [6.45, 7) is 3.82. The second-order valence-corrected chi connectivity index (χ2v) is 3.11. The van der Waals surface area contributed by atoms with Gasteiger partial charge in [0.2, 0.25) is 0 Å². The van der Waals surface area contributed by atoms with Gasteiger partial charge in [-0.1, -0.05) is 0 Å². The van der Waals surface area contributed by atoms with E-state index in [1.807, 2.05) is 13.8 Å². The molecule has 0 radical (unpaired) electrons. The number of hydrogen-bond acceptors (Lipinski definition) is 3. The van der Waals surface area contributed by atoms with E-state index in [1.165, 1.54) is 9.08 Å². The van der Waals surface area contributed by atoms with E-state index in [9.17, 15) is 4.79 Å². The summed E-state index contributed by atoms with van der Waals surface area (Å²) < 4.78 is 2.85. The normalized spacial score (nSPS) is 11.3. The highest BCUT2D eigenvalue weighted by Crippen LogP contribution is 1.98. The molecule has 0 N–H and O–H groups in total. The Hall–Kier alpha value is -1.65. The highest BCUT2D eigenvalue weighted by molar-refractivity contribution is 5.23. The van der Waals surface area contributed by atoms with Gasteiger partial charge in [0.05, 0.1) is 6.04 Å². The summed E-state index contributed by atoms with van der Waals surface area (Å²) in [6, 6.07) is 1.77. The zero-order valence-corrected chi connectivity index (χ0v) is 7.51. The lowest BCUT2D eigenvalue weighted by Crippen LogP contribution is -2.22. The van der Waals surface area contributed by atoms with Crippen molar-refractivity contribution in [1.82, 2.24) is 19.2 Å². The largest absolute Gasteiger partial charge is 0.351 e. The van der Waals surface area contributed by atoms with Crippen LogP contribution in [-0.4, -0.2) is 19.2 Å². The standard InChI is InChI=1S/C8H10N4O/c1-6(2)12-8(13)11-5-3-4-9-7(11)10-12/h3-6H,1-2H3. The summed E-state index contributed by atoms with van der Waals surface area (Å²) >= 11 is 0. The lowest BCUT2D eigenvalue weighted by Gasteiger charge is -1.99. The van der Waals surface area contributed by atoms with Crippen LogP contribution in [0.1, 0.15) is 19.9 Å². The van der Waals surface area contributed by atoms with E-state index in [0.29, 0.717) is 5.78 Å². The first-order valence-corrected chi connectivity index (χ1v) is 4.12. The Morgan fingerprint density at radius 3 is 2.85 bits per heavy atom. The number of fused-ring (bicyclic) bond motifs is 1. The maximum absolute atomic E-state index is 11.6. The summed E-state index contributed by atoms with van der Waals surface area (Å²) in [6.07, 6.45) is 3.28. The van der Waals surface area contributed by atoms with Crippen LogP contribution >= 0.6 is 0 Å². The van der Waals surface area contributed by atoms with Crippen LogP contribution < -0.4 is 5.69 Å². The Bertz CT molecular complexity index is 482. The fourth-order valence-corrected chi connectivity index (χ4v) is 1.17. The predicted octanol–water partition coefficient (Wildman–Crippen LogP) is 0.472. The molecule has 0 aliphatic rings. The van der Waals surface area contributed by atoms with Crippen molar-refractivity contribution >= 4 is 5.78 Å². The number of aromatic nitrogens is 4. The molecule has 13 heavy (non-hydrogen) atoms. The molecule has 0 aromatic carbocycles. The first-order chi connectivity index (χ1) is 6.20. The van der Waals surface area contributed by atoms with E-state index < -0.39 is 0 Å². The molecule has 0 aliphatic carbocycles. The third-order valence-corrected chi connectivity index (χ3v) is 1.82. The molecule has 0 saturated carbocycles. The molecular weight excluding hydrogens is 168 g/mol. The summed E-state index contributed by atoms with van der Waals surface area (Å²) in [7, 11) is 0. The SMILES string of the molecule is CC(C)n1nc2ncccn2c1=O. The van der Waals surface area contributed by atoms with E-state index in [2.05, 4.69) is 10.1 Å². The lowest BCUT2D eigenvalue weighted by molar-refractivity contribution is 0.514. The van der Waals surface area contributed by atoms with Gasteiger partial charge in [0, 0.05) is 12.4 Å². The fraction of sp³-hybridized carbons (Fsp3) is 0.375. The maximum Gasteiger partial charge on any atom is 0.351 e. The number of rotatable bonds is 1. The second kappa shape index (κ2) is 2.69. The quantitative estimate of drug-likeness (QED) is 0.638. The van der Waals surface area contributed by atoms with Crippen LogP contribution in [0.3, 0.4) is 0 Å². The van der Waals surface area contributed by atoms with Crippen molar-refractivity contribution in [3.8, 4) is 0 Å². The first kappa shape index (κ1) is 7.97. The van der Waals surface area contributed by atoms with Crippen molar-refractivity contribution in [1.29, 1.82) is 0 Å². The van der Waals surface area contributed by atoms with Gasteiger partial charge < -0.3 is 0 Å². The molecular formula is C8H10N4O. The summed E-state index contributed by atoms with van der Waals surface area (Å²) in [5.41, 5.74) is -0.141. The van der Waals surface area contributed by atoms with Gasteiger partial charge in [-0.3, -0.25) is 0 Å². The smallest absolute Gasteiger partial charge is 0.246 e. The van der Waals surface area contributed by atoms with Gasteiger partial charge in [-0.2, -0.15) is 0 Å². The summed E-state index contributed by atoms with van der Waals surface area (Å²) in [5, 5.41) is 4.07. The number of nitrogens with zero attached hydrogens (tertiary/aromatic N) is 4. The van der Waals surface area contributed by atoms with Crippen molar-refractivity contribution in [3.63, 3.8) is 0 Å². The minimum atomic E-state index is -0.141. The molecule has 5 heteroatoms. The molecule has 0 unspecified atom stereocenters. The Kier molecular flexibility index (Phi) is 1.65. The van der Waals surface area contributed by atoms with E-state index in [0.717, 1.165) is 0 Å². The van der Waals surface area contributed by atoms with Gasteiger partial charge in [-0.25, -0.2) is 18.9 Å². The molecule has 0 aliphatic heterocycles. The van der Waals surface area contributed by atoms with E-state index in [1.54, 1.807) is 18.5 Å². The zero-order chi connectivity index (χ0) is 9.42. The van der Waals surface area contributed by atoms with Crippen molar-refractivity contribution in [3.05, 3.63) is 28.9 Å². The predicted molar refractivity (Wildman–Crippen MR) is 47.6 cm³/mol. The monoisotopic (exact) mass is 178 g/mol. The highest BCUT2D eigenvalue weighted by atomic mass is 16.2. The Morgan fingerprint density at radius 2 is 2.23 bits per heavy atom. The average Bonchev–Trinajstić information content (AvgIpc) is 2.45. The van der Waals surface area contributed by atoms with E-state index in [-0.39, 0.29) is 11.7 Å². The molecule has 68 valence electrons. The summed E-state index contributed by atoms with van der Waals surface area (Å²) in [4.78, 5) is 15.6. The molecule has 0 saturated heterocycles. The van der Waals surface area contributed by atoms with Crippen molar-refractivity contribution < 1.29 is 0 Å². The van der Waals surface area contributed by atoms with Gasteiger partial charge in [0.1, 0.15) is 0 Å². The van der Waals surface area contributed by atoms with Gasteiger partial charge in [-0.05, 0) is 19.9 Å². The van der Waals surface area contributed by atoms with Gasteiger partial charge >= 0.3 is 5.69 Å². The van der Waals surface area contributed by atoms with Crippen LogP contribution in [0, 0.1) is 0 Å². The molecule has 0 atom stereocenters. The topological polar surface area (TPSA) is 52.2 Å². The van der Waals surface area contributed by atoms with Crippen LogP contribution in [-0.2, 0) is 0 Å². The van der Waals surface area contributed by atoms with Gasteiger partial charge in [0.25, 0.3) is 5.78 Å². The Labute approximate surface area is 74.6 Å². The third-order valence-electron chi connectivity index (χ3n) is 1.82. The fourth-order valence-electron chi connectivity index (χ4n) is 1.17. The molecule has 0 spiro atoms. The van der Waals surface area contributed by atoms with Crippen LogP contribution in [0.4, 0.5) is 0 Å². The van der Waals surface area contributed by atoms with Gasteiger partial charge in [0.15, 0.2) is 0 Å². The average molecular weight is 178 g/mol. The van der Waals surface area contributed by atoms with E-state index >= 15 is 0 Å². The number of hydrogen-bond donors (Lipinski definition) is 0. The van der Waals surface area contributed by atoms with Gasteiger partial charge in [-0.15, -0.1) is 5.10 Å². The Balaban J connectivity index is 2.82. The molecule has 0 amide bonds. The van der Waals surface area contributed by atoms with Crippen LogP contribution in [0.2, 0.25) is 0 Å². The molecule has 0 bridgehead atoms. The van der Waals surface area contributed by atoms with E-state index in [4.69, 9.17) is 0 Å². The third kappa shape index (κ3) is 1.12. The highest BCUT2D eigenvalue weighted by Gasteiger charge is 2.08. The van der Waals surface area contributed by atoms with Crippen LogP contribution in [0.5, 0.6) is 0 Å². The maximum atomic E-state index is 11.6. The molecule has 2 heterocycles. The first-order valence-electron chi connectivity index (χ1n) is 4.12. The van der Waals surface area contributed by atoms with Crippen LogP contribution in [0.15, 0.2) is 23.3 Å².